The Kier molecular flexibility index (Phi) is 11.7. The molecule has 0 saturated heterocycles. The Morgan fingerprint density at radius 3 is 1.69 bits per heavy atom. The molecule has 0 aromatic rings. The molecule has 0 aliphatic rings. The van der Waals surface area contributed by atoms with Gasteiger partial charge in [-0.1, -0.05) is 0 Å². The van der Waals surface area contributed by atoms with Crippen LogP contribution in [0.2, 0.25) is 0 Å². The highest BCUT2D eigenvalue weighted by Crippen LogP contribution is 2.12. The monoisotopic (exact) mass is 376 g/mol. The first-order chi connectivity index (χ1) is 12.0. The molecular weight excluding hydrogens is 344 g/mol. The van der Waals surface area contributed by atoms with Crippen LogP contribution in [0.15, 0.2) is 0 Å². The molecule has 0 spiro atoms. The van der Waals surface area contributed by atoms with Gasteiger partial charge in [0.25, 0.3) is 0 Å². The lowest BCUT2D eigenvalue weighted by Crippen LogP contribution is -2.49. The van der Waals surface area contributed by atoms with Crippen molar-refractivity contribution >= 4 is 17.9 Å². The molecule has 0 rings (SSSR count). The van der Waals surface area contributed by atoms with Crippen molar-refractivity contribution in [1.29, 1.82) is 0 Å². The van der Waals surface area contributed by atoms with Crippen LogP contribution in [0.1, 0.15) is 20.8 Å². The van der Waals surface area contributed by atoms with Gasteiger partial charge >= 0.3 is 17.9 Å². The first-order valence-electron chi connectivity index (χ1n) is 8.56. The molecule has 0 bridgehead atoms. The van der Waals surface area contributed by atoms with Crippen LogP contribution in [0.25, 0.3) is 0 Å². The molecule has 0 aliphatic heterocycles. The van der Waals surface area contributed by atoms with Crippen molar-refractivity contribution in [3.05, 3.63) is 0 Å². The lowest BCUT2D eigenvalue weighted by Gasteiger charge is -2.37. The number of hydrogen-bond acceptors (Lipinski definition) is 7. The van der Waals surface area contributed by atoms with Gasteiger partial charge in [0.15, 0.2) is 0 Å². The summed E-state index contributed by atoms with van der Waals surface area (Å²) in [6.07, 6.45) is 0. The summed E-state index contributed by atoms with van der Waals surface area (Å²) in [6, 6.07) is 0. The van der Waals surface area contributed by atoms with Crippen LogP contribution in [0.4, 0.5) is 0 Å². The molecule has 5 N–H and O–H groups in total. The Labute approximate surface area is 154 Å². The van der Waals surface area contributed by atoms with Gasteiger partial charge in [-0.25, -0.2) is 0 Å². The van der Waals surface area contributed by atoms with Crippen LogP contribution in [-0.4, -0.2) is 107 Å². The Bertz CT molecular complexity index is 453. The average Bonchev–Trinajstić information content (AvgIpc) is 2.47. The van der Waals surface area contributed by atoms with E-state index in [0.29, 0.717) is 39.3 Å². The molecule has 0 unspecified atom stereocenters. The zero-order chi connectivity index (χ0) is 20.2. The van der Waals surface area contributed by atoms with E-state index in [9.17, 15) is 14.4 Å². The van der Waals surface area contributed by atoms with E-state index >= 15 is 0 Å². The van der Waals surface area contributed by atoms with Crippen molar-refractivity contribution < 1.29 is 29.7 Å². The van der Waals surface area contributed by atoms with E-state index in [1.54, 1.807) is 4.90 Å². The van der Waals surface area contributed by atoms with Gasteiger partial charge in [0.2, 0.25) is 0 Å². The van der Waals surface area contributed by atoms with Gasteiger partial charge in [-0.05, 0) is 20.8 Å². The van der Waals surface area contributed by atoms with Crippen molar-refractivity contribution in [3.63, 3.8) is 0 Å². The fraction of sp³-hybridized carbons (Fsp3) is 0.812. The van der Waals surface area contributed by atoms with E-state index in [1.165, 1.54) is 0 Å². The van der Waals surface area contributed by atoms with Gasteiger partial charge in [-0.3, -0.25) is 24.2 Å². The van der Waals surface area contributed by atoms with Gasteiger partial charge < -0.3 is 26.0 Å². The SMILES string of the molecule is CC(C)(C)N(CCNCC(=O)O)CCN(CCNCC(=O)O)CC(=O)O. The van der Waals surface area contributed by atoms with Crippen molar-refractivity contribution in [3.8, 4) is 0 Å². The minimum atomic E-state index is -0.956. The van der Waals surface area contributed by atoms with Crippen molar-refractivity contribution in [2.75, 3.05) is 58.9 Å². The molecule has 0 amide bonds. The summed E-state index contributed by atoms with van der Waals surface area (Å²) in [5.74, 6) is -2.80. The summed E-state index contributed by atoms with van der Waals surface area (Å²) in [5.41, 5.74) is -0.151. The molecule has 0 fully saturated rings. The van der Waals surface area contributed by atoms with Gasteiger partial charge in [0.05, 0.1) is 19.6 Å². The minimum Gasteiger partial charge on any atom is -0.480 e. The van der Waals surface area contributed by atoms with E-state index in [2.05, 4.69) is 15.5 Å². The maximum atomic E-state index is 11.0. The highest BCUT2D eigenvalue weighted by Gasteiger charge is 2.22. The Balaban J connectivity index is 4.49. The van der Waals surface area contributed by atoms with Crippen molar-refractivity contribution in [2.24, 2.45) is 0 Å². The van der Waals surface area contributed by atoms with Gasteiger partial charge in [0, 0.05) is 44.8 Å². The third-order valence-electron chi connectivity index (χ3n) is 3.71. The number of carboxylic acids is 3. The second-order valence-electron chi connectivity index (χ2n) is 6.97. The molecule has 0 atom stereocenters. The van der Waals surface area contributed by atoms with Gasteiger partial charge in [0.1, 0.15) is 0 Å². The number of nitrogens with one attached hydrogen (secondary N) is 2. The van der Waals surface area contributed by atoms with E-state index in [1.807, 2.05) is 20.8 Å². The summed E-state index contributed by atoms with van der Waals surface area (Å²) in [5, 5.41) is 31.9. The second-order valence-corrected chi connectivity index (χ2v) is 6.97. The summed E-state index contributed by atoms with van der Waals surface area (Å²) >= 11 is 0. The molecule has 0 saturated carbocycles. The third-order valence-corrected chi connectivity index (χ3v) is 3.71. The smallest absolute Gasteiger partial charge is 0.317 e. The number of hydrogen-bond donors (Lipinski definition) is 5. The molecule has 0 aliphatic carbocycles. The topological polar surface area (TPSA) is 142 Å². The van der Waals surface area contributed by atoms with Crippen molar-refractivity contribution in [2.45, 2.75) is 26.3 Å². The standard InChI is InChI=1S/C16H32N4O6/c1-16(2,3)20(7-5-18-11-14(23)24)9-8-19(12-15(25)26)6-4-17-10-13(21)22/h17-18H,4-12H2,1-3H3,(H,21,22)(H,23,24)(H,25,26). The number of carboxylic acid groups (broad SMARTS) is 3. The highest BCUT2D eigenvalue weighted by atomic mass is 16.4. The first-order valence-corrected chi connectivity index (χ1v) is 8.56. The fourth-order valence-corrected chi connectivity index (χ4v) is 2.35. The van der Waals surface area contributed by atoms with Crippen LogP contribution in [0, 0.1) is 0 Å². The molecule has 0 heterocycles. The number of rotatable bonds is 15. The predicted molar refractivity (Wildman–Crippen MR) is 96.4 cm³/mol. The molecule has 0 radical (unpaired) electrons. The maximum Gasteiger partial charge on any atom is 0.317 e. The van der Waals surface area contributed by atoms with Crippen LogP contribution in [0.3, 0.4) is 0 Å². The van der Waals surface area contributed by atoms with E-state index < -0.39 is 17.9 Å². The number of aliphatic carboxylic acids is 3. The van der Waals surface area contributed by atoms with Crippen molar-refractivity contribution in [1.82, 2.24) is 20.4 Å². The predicted octanol–water partition coefficient (Wildman–Crippen LogP) is -1.18. The maximum absolute atomic E-state index is 11.0. The number of carbonyl (C=O) groups is 3. The fourth-order valence-electron chi connectivity index (χ4n) is 2.35. The van der Waals surface area contributed by atoms with E-state index in [0.717, 1.165) is 0 Å². The van der Waals surface area contributed by atoms with Crippen LogP contribution < -0.4 is 10.6 Å². The van der Waals surface area contributed by atoms with E-state index in [-0.39, 0.29) is 25.2 Å². The molecule has 26 heavy (non-hydrogen) atoms. The van der Waals surface area contributed by atoms with Crippen LogP contribution >= 0.6 is 0 Å². The Hall–Kier alpha value is -1.75. The molecule has 152 valence electrons. The van der Waals surface area contributed by atoms with E-state index in [4.69, 9.17) is 15.3 Å². The van der Waals surface area contributed by atoms with Gasteiger partial charge in [-0.15, -0.1) is 0 Å². The number of nitrogens with zero attached hydrogens (tertiary/aromatic N) is 2. The average molecular weight is 376 g/mol. The normalized spacial score (nSPS) is 11.9. The molecule has 0 aromatic carbocycles. The third kappa shape index (κ3) is 13.5. The highest BCUT2D eigenvalue weighted by molar-refractivity contribution is 5.69. The lowest BCUT2D eigenvalue weighted by molar-refractivity contribution is -0.139. The Morgan fingerprint density at radius 1 is 0.769 bits per heavy atom. The molecular formula is C16H32N4O6. The summed E-state index contributed by atoms with van der Waals surface area (Å²) in [6.45, 7) is 8.83. The minimum absolute atomic E-state index is 0.0988. The van der Waals surface area contributed by atoms with Gasteiger partial charge in [-0.2, -0.15) is 0 Å². The molecule has 0 aromatic heterocycles. The zero-order valence-electron chi connectivity index (χ0n) is 15.8. The van der Waals surface area contributed by atoms with Crippen LogP contribution in [0.5, 0.6) is 0 Å². The summed E-state index contributed by atoms with van der Waals surface area (Å²) < 4.78 is 0. The molecule has 10 nitrogen and oxygen atoms in total. The summed E-state index contributed by atoms with van der Waals surface area (Å²) in [4.78, 5) is 36.0. The first kappa shape index (κ1) is 24.2. The second kappa shape index (κ2) is 12.6. The quantitative estimate of drug-likeness (QED) is 0.222. The molecule has 10 heteroatoms. The zero-order valence-corrected chi connectivity index (χ0v) is 15.8. The largest absolute Gasteiger partial charge is 0.480 e. The summed E-state index contributed by atoms with van der Waals surface area (Å²) in [7, 11) is 0. The Morgan fingerprint density at radius 2 is 1.27 bits per heavy atom. The lowest BCUT2D eigenvalue weighted by atomic mass is 10.1. The van der Waals surface area contributed by atoms with Crippen LogP contribution in [-0.2, 0) is 14.4 Å².